The van der Waals surface area contributed by atoms with Crippen molar-refractivity contribution in [3.8, 4) is 0 Å². The molecule has 6 heteroatoms. The first-order valence-electron chi connectivity index (χ1n) is 7.30. The van der Waals surface area contributed by atoms with E-state index >= 15 is 0 Å². The molecule has 3 N–H and O–H groups in total. The van der Waals surface area contributed by atoms with Gasteiger partial charge in [0, 0.05) is 18.8 Å². The minimum absolute atomic E-state index is 0.0415. The number of aromatic nitrogens is 3. The summed E-state index contributed by atoms with van der Waals surface area (Å²) in [5, 5.41) is 7.80. The first kappa shape index (κ1) is 13.2. The van der Waals surface area contributed by atoms with Crippen molar-refractivity contribution in [1.82, 2.24) is 20.3 Å². The molecular formula is C16H16FN5. The third-order valence-corrected chi connectivity index (χ3v) is 4.18. The van der Waals surface area contributed by atoms with Crippen LogP contribution in [0.25, 0.3) is 11.0 Å². The minimum atomic E-state index is -0.205. The van der Waals surface area contributed by atoms with Gasteiger partial charge in [0.15, 0.2) is 0 Å². The number of nitrogens with one attached hydrogen (secondary N) is 3. The number of H-pyrrole nitrogens is 1. The number of hydrogen-bond donors (Lipinski definition) is 3. The lowest BCUT2D eigenvalue weighted by Crippen LogP contribution is -2.35. The standard InChI is InChI=1S/C16H16FN5/c1-9-13-6-10(17)2-3-11(13)14(7-19-9)22-16-12-4-5-18-15(12)20-8-21-16/h2-6,8-9,14,19H,7H2,1H3,(H2,18,20,21,22)/t9-,14-/m0/s1. The van der Waals surface area contributed by atoms with Gasteiger partial charge in [0.2, 0.25) is 0 Å². The molecule has 0 fully saturated rings. The van der Waals surface area contributed by atoms with Gasteiger partial charge in [-0.25, -0.2) is 14.4 Å². The maximum absolute atomic E-state index is 13.5. The van der Waals surface area contributed by atoms with Crippen LogP contribution in [0.1, 0.15) is 30.1 Å². The molecule has 0 spiro atoms. The molecular weight excluding hydrogens is 281 g/mol. The average molecular weight is 297 g/mol. The summed E-state index contributed by atoms with van der Waals surface area (Å²) in [6, 6.07) is 7.10. The fourth-order valence-corrected chi connectivity index (χ4v) is 3.03. The van der Waals surface area contributed by atoms with Crippen LogP contribution in [0.15, 0.2) is 36.8 Å². The zero-order valence-corrected chi connectivity index (χ0v) is 12.1. The zero-order valence-electron chi connectivity index (χ0n) is 12.1. The second-order valence-corrected chi connectivity index (χ2v) is 5.56. The van der Waals surface area contributed by atoms with Crippen LogP contribution >= 0.6 is 0 Å². The van der Waals surface area contributed by atoms with Crippen LogP contribution in [0.5, 0.6) is 0 Å². The lowest BCUT2D eigenvalue weighted by Gasteiger charge is -2.31. The van der Waals surface area contributed by atoms with Gasteiger partial charge in [-0.05, 0) is 36.2 Å². The van der Waals surface area contributed by atoms with Crippen molar-refractivity contribution in [3.05, 3.63) is 53.7 Å². The number of rotatable bonds is 2. The highest BCUT2D eigenvalue weighted by molar-refractivity contribution is 5.86. The molecule has 0 radical (unpaired) electrons. The Kier molecular flexibility index (Phi) is 3.04. The van der Waals surface area contributed by atoms with Crippen LogP contribution in [0, 0.1) is 5.82 Å². The Hall–Kier alpha value is -2.47. The Labute approximate surface area is 127 Å². The molecule has 112 valence electrons. The van der Waals surface area contributed by atoms with Crippen LogP contribution in [0.4, 0.5) is 10.2 Å². The molecule has 4 rings (SSSR count). The molecule has 22 heavy (non-hydrogen) atoms. The number of hydrogen-bond acceptors (Lipinski definition) is 4. The molecule has 0 aliphatic carbocycles. The lowest BCUT2D eigenvalue weighted by molar-refractivity contribution is 0.494. The molecule has 0 amide bonds. The molecule has 2 atom stereocenters. The zero-order chi connectivity index (χ0) is 15.1. The highest BCUT2D eigenvalue weighted by Crippen LogP contribution is 2.32. The Morgan fingerprint density at radius 1 is 1.23 bits per heavy atom. The predicted octanol–water partition coefficient (Wildman–Crippen LogP) is 2.91. The van der Waals surface area contributed by atoms with Crippen LogP contribution in [0.2, 0.25) is 0 Å². The highest BCUT2D eigenvalue weighted by atomic mass is 19.1. The molecule has 1 aromatic carbocycles. The van der Waals surface area contributed by atoms with E-state index in [2.05, 4.69) is 25.6 Å². The topological polar surface area (TPSA) is 65.6 Å². The Morgan fingerprint density at radius 3 is 3.05 bits per heavy atom. The summed E-state index contributed by atoms with van der Waals surface area (Å²) in [7, 11) is 0. The Bertz CT molecular complexity index is 828. The molecule has 2 aromatic heterocycles. The van der Waals surface area contributed by atoms with E-state index in [-0.39, 0.29) is 17.9 Å². The SMILES string of the molecule is C[C@@H]1NC[C@H](Nc2ncnc3[nH]ccc23)c2ccc(F)cc21. The van der Waals surface area contributed by atoms with E-state index in [1.165, 1.54) is 12.4 Å². The van der Waals surface area contributed by atoms with E-state index in [4.69, 9.17) is 0 Å². The summed E-state index contributed by atoms with van der Waals surface area (Å²) in [4.78, 5) is 11.6. The average Bonchev–Trinajstić information content (AvgIpc) is 3.00. The van der Waals surface area contributed by atoms with Gasteiger partial charge in [0.05, 0.1) is 11.4 Å². The summed E-state index contributed by atoms with van der Waals surface area (Å²) in [6.45, 7) is 2.80. The summed E-state index contributed by atoms with van der Waals surface area (Å²) in [5.41, 5.74) is 2.90. The molecule has 0 bridgehead atoms. The number of anilines is 1. The summed E-state index contributed by atoms with van der Waals surface area (Å²) < 4.78 is 13.5. The quantitative estimate of drug-likeness (QED) is 0.680. The number of nitrogens with zero attached hydrogens (tertiary/aromatic N) is 2. The Balaban J connectivity index is 1.73. The normalized spacial score (nSPS) is 20.8. The maximum Gasteiger partial charge on any atom is 0.142 e. The van der Waals surface area contributed by atoms with Crippen LogP contribution in [-0.4, -0.2) is 21.5 Å². The summed E-state index contributed by atoms with van der Waals surface area (Å²) in [6.07, 6.45) is 3.38. The van der Waals surface area contributed by atoms with Gasteiger partial charge in [-0.2, -0.15) is 0 Å². The molecule has 0 saturated heterocycles. The molecule has 3 heterocycles. The number of aromatic amines is 1. The van der Waals surface area contributed by atoms with Crippen molar-refractivity contribution >= 4 is 16.9 Å². The van der Waals surface area contributed by atoms with Gasteiger partial charge in [-0.1, -0.05) is 6.07 Å². The molecule has 1 aliphatic heterocycles. The van der Waals surface area contributed by atoms with Crippen molar-refractivity contribution in [1.29, 1.82) is 0 Å². The lowest BCUT2D eigenvalue weighted by atomic mass is 9.91. The van der Waals surface area contributed by atoms with E-state index in [9.17, 15) is 4.39 Å². The van der Waals surface area contributed by atoms with E-state index in [1.807, 2.05) is 25.3 Å². The van der Waals surface area contributed by atoms with Gasteiger partial charge in [-0.15, -0.1) is 0 Å². The minimum Gasteiger partial charge on any atom is -0.361 e. The summed E-state index contributed by atoms with van der Waals surface area (Å²) in [5.74, 6) is 0.575. The van der Waals surface area contributed by atoms with Gasteiger partial charge < -0.3 is 15.6 Å². The van der Waals surface area contributed by atoms with Crippen molar-refractivity contribution in [2.24, 2.45) is 0 Å². The Morgan fingerprint density at radius 2 is 2.14 bits per heavy atom. The van der Waals surface area contributed by atoms with Crippen molar-refractivity contribution in [3.63, 3.8) is 0 Å². The molecule has 0 saturated carbocycles. The number of fused-ring (bicyclic) bond motifs is 2. The first-order valence-corrected chi connectivity index (χ1v) is 7.30. The van der Waals surface area contributed by atoms with Crippen molar-refractivity contribution in [2.75, 3.05) is 11.9 Å². The van der Waals surface area contributed by atoms with Gasteiger partial charge in [0.25, 0.3) is 0 Å². The van der Waals surface area contributed by atoms with Gasteiger partial charge in [0.1, 0.15) is 23.6 Å². The third-order valence-electron chi connectivity index (χ3n) is 4.18. The fraction of sp³-hybridized carbons (Fsp3) is 0.250. The van der Waals surface area contributed by atoms with E-state index < -0.39 is 0 Å². The smallest absolute Gasteiger partial charge is 0.142 e. The predicted molar refractivity (Wildman–Crippen MR) is 83.1 cm³/mol. The van der Waals surface area contributed by atoms with E-state index in [0.717, 1.165) is 34.5 Å². The van der Waals surface area contributed by atoms with Crippen LogP contribution in [0.3, 0.4) is 0 Å². The second kappa shape index (κ2) is 5.06. The maximum atomic E-state index is 13.5. The van der Waals surface area contributed by atoms with Crippen LogP contribution in [-0.2, 0) is 0 Å². The first-order chi connectivity index (χ1) is 10.7. The third kappa shape index (κ3) is 2.12. The number of benzene rings is 1. The number of halogens is 1. The fourth-order valence-electron chi connectivity index (χ4n) is 3.03. The molecule has 5 nitrogen and oxygen atoms in total. The molecule has 0 unspecified atom stereocenters. The van der Waals surface area contributed by atoms with E-state index in [1.54, 1.807) is 6.07 Å². The van der Waals surface area contributed by atoms with E-state index in [0.29, 0.717) is 0 Å². The largest absolute Gasteiger partial charge is 0.361 e. The van der Waals surface area contributed by atoms with Crippen molar-refractivity contribution < 1.29 is 4.39 Å². The molecule has 1 aliphatic rings. The summed E-state index contributed by atoms with van der Waals surface area (Å²) >= 11 is 0. The van der Waals surface area contributed by atoms with Gasteiger partial charge in [-0.3, -0.25) is 0 Å². The molecule has 3 aromatic rings. The highest BCUT2D eigenvalue weighted by Gasteiger charge is 2.25. The van der Waals surface area contributed by atoms with Gasteiger partial charge >= 0.3 is 0 Å². The van der Waals surface area contributed by atoms with Crippen LogP contribution < -0.4 is 10.6 Å². The van der Waals surface area contributed by atoms with Crippen molar-refractivity contribution in [2.45, 2.75) is 19.0 Å². The monoisotopic (exact) mass is 297 g/mol. The second-order valence-electron chi connectivity index (χ2n) is 5.56.